The van der Waals surface area contributed by atoms with Crippen molar-refractivity contribution in [2.24, 2.45) is 5.92 Å². The van der Waals surface area contributed by atoms with Crippen molar-refractivity contribution in [3.05, 3.63) is 29.3 Å². The molecule has 2 rings (SSSR count). The molecule has 1 amide bonds. The molecule has 0 saturated carbocycles. The van der Waals surface area contributed by atoms with Gasteiger partial charge in [0.15, 0.2) is 0 Å². The van der Waals surface area contributed by atoms with Gasteiger partial charge >= 0.3 is 5.97 Å². The topological polar surface area (TPSA) is 49.9 Å². The number of piperidine rings is 1. The highest BCUT2D eigenvalue weighted by Crippen LogP contribution is 2.23. The van der Waals surface area contributed by atoms with Crippen molar-refractivity contribution in [1.82, 2.24) is 4.90 Å². The Labute approximate surface area is 138 Å². The molecular formula is C18H26N2O3. The summed E-state index contributed by atoms with van der Waals surface area (Å²) in [5.41, 5.74) is 2.91. The fraction of sp³-hybridized carbons (Fsp3) is 0.556. The molecule has 126 valence electrons. The lowest BCUT2D eigenvalue weighted by Crippen LogP contribution is -2.40. The maximum Gasteiger partial charge on any atom is 0.309 e. The van der Waals surface area contributed by atoms with E-state index in [1.807, 2.05) is 55.9 Å². The first kappa shape index (κ1) is 17.3. The number of carbonyl (C=O) groups excluding carboxylic acids is 2. The third-order valence-corrected chi connectivity index (χ3v) is 4.33. The zero-order valence-corrected chi connectivity index (χ0v) is 14.5. The number of nitrogens with zero attached hydrogens (tertiary/aromatic N) is 2. The molecule has 1 fully saturated rings. The first-order chi connectivity index (χ1) is 10.9. The van der Waals surface area contributed by atoms with Crippen molar-refractivity contribution in [3.8, 4) is 0 Å². The average Bonchev–Trinajstić information content (AvgIpc) is 2.54. The standard InChI is InChI=1S/C18H26N2O3/c1-5-23-18(22)14-8-10-20(11-9-14)17(21)15-6-7-16(19(3)4)13(2)12-15/h6-7,12,14H,5,8-11H2,1-4H3. The Bertz CT molecular complexity index is 576. The van der Waals surface area contributed by atoms with E-state index < -0.39 is 0 Å². The summed E-state index contributed by atoms with van der Waals surface area (Å²) in [6.45, 7) is 5.46. The summed E-state index contributed by atoms with van der Waals surface area (Å²) in [7, 11) is 3.98. The van der Waals surface area contributed by atoms with Crippen LogP contribution in [0.1, 0.15) is 35.7 Å². The number of amides is 1. The molecule has 0 aromatic heterocycles. The van der Waals surface area contributed by atoms with Crippen molar-refractivity contribution < 1.29 is 14.3 Å². The van der Waals surface area contributed by atoms with Gasteiger partial charge in [0.1, 0.15) is 0 Å². The quantitative estimate of drug-likeness (QED) is 0.800. The normalized spacial score (nSPS) is 15.4. The van der Waals surface area contributed by atoms with E-state index in [1.54, 1.807) is 0 Å². The zero-order chi connectivity index (χ0) is 17.0. The monoisotopic (exact) mass is 318 g/mol. The van der Waals surface area contributed by atoms with E-state index in [9.17, 15) is 9.59 Å². The molecule has 0 unspecified atom stereocenters. The van der Waals surface area contributed by atoms with Crippen molar-refractivity contribution in [2.45, 2.75) is 26.7 Å². The number of hydrogen-bond donors (Lipinski definition) is 0. The minimum Gasteiger partial charge on any atom is -0.466 e. The predicted octanol–water partition coefficient (Wildman–Crippen LogP) is 2.48. The first-order valence-corrected chi connectivity index (χ1v) is 8.18. The van der Waals surface area contributed by atoms with Crippen LogP contribution in [0.4, 0.5) is 5.69 Å². The lowest BCUT2D eigenvalue weighted by molar-refractivity contribution is -0.149. The van der Waals surface area contributed by atoms with Gasteiger partial charge in [0, 0.05) is 38.4 Å². The Balaban J connectivity index is 2.00. The Morgan fingerprint density at radius 1 is 1.26 bits per heavy atom. The molecule has 1 aromatic rings. The summed E-state index contributed by atoms with van der Waals surface area (Å²) in [6.07, 6.45) is 1.36. The third kappa shape index (κ3) is 4.03. The Morgan fingerprint density at radius 3 is 2.43 bits per heavy atom. The predicted molar refractivity (Wildman–Crippen MR) is 90.8 cm³/mol. The van der Waals surface area contributed by atoms with Crippen LogP contribution in [0.25, 0.3) is 0 Å². The van der Waals surface area contributed by atoms with Crippen molar-refractivity contribution in [2.75, 3.05) is 38.7 Å². The SMILES string of the molecule is CCOC(=O)C1CCN(C(=O)c2ccc(N(C)C)c(C)c2)CC1. The summed E-state index contributed by atoms with van der Waals surface area (Å²) < 4.78 is 5.07. The highest BCUT2D eigenvalue weighted by Gasteiger charge is 2.28. The van der Waals surface area contributed by atoms with Gasteiger partial charge in [0.05, 0.1) is 12.5 Å². The fourth-order valence-corrected chi connectivity index (χ4v) is 3.05. The fourth-order valence-electron chi connectivity index (χ4n) is 3.05. The van der Waals surface area contributed by atoms with Gasteiger partial charge in [-0.2, -0.15) is 0 Å². The van der Waals surface area contributed by atoms with Crippen LogP contribution in [0.5, 0.6) is 0 Å². The number of anilines is 1. The number of carbonyl (C=O) groups is 2. The van der Waals surface area contributed by atoms with Crippen molar-refractivity contribution >= 4 is 17.6 Å². The Morgan fingerprint density at radius 2 is 1.91 bits per heavy atom. The molecule has 1 aliphatic rings. The molecule has 0 atom stereocenters. The van der Waals surface area contributed by atoms with Gasteiger partial charge in [-0.25, -0.2) is 0 Å². The summed E-state index contributed by atoms with van der Waals surface area (Å²) in [5.74, 6) is -0.164. The van der Waals surface area contributed by atoms with Crippen molar-refractivity contribution in [1.29, 1.82) is 0 Å². The summed E-state index contributed by atoms with van der Waals surface area (Å²) >= 11 is 0. The van der Waals surface area contributed by atoms with Crippen LogP contribution in [0, 0.1) is 12.8 Å². The van der Waals surface area contributed by atoms with Crippen LogP contribution in [-0.2, 0) is 9.53 Å². The number of aryl methyl sites for hydroxylation is 1. The van der Waals surface area contributed by atoms with Crippen LogP contribution in [0.15, 0.2) is 18.2 Å². The lowest BCUT2D eigenvalue weighted by atomic mass is 9.96. The van der Waals surface area contributed by atoms with Crippen LogP contribution in [0.3, 0.4) is 0 Å². The smallest absolute Gasteiger partial charge is 0.309 e. The van der Waals surface area contributed by atoms with E-state index in [1.165, 1.54) is 0 Å². The summed E-state index contributed by atoms with van der Waals surface area (Å²) in [4.78, 5) is 28.3. The number of ether oxygens (including phenoxy) is 1. The molecular weight excluding hydrogens is 292 g/mol. The molecule has 5 nitrogen and oxygen atoms in total. The average molecular weight is 318 g/mol. The maximum absolute atomic E-state index is 12.6. The number of benzene rings is 1. The van der Waals surface area contributed by atoms with Gasteiger partial charge in [-0.3, -0.25) is 9.59 Å². The third-order valence-electron chi connectivity index (χ3n) is 4.33. The van der Waals surface area contributed by atoms with Gasteiger partial charge in [-0.15, -0.1) is 0 Å². The molecule has 0 spiro atoms. The van der Waals surface area contributed by atoms with E-state index in [2.05, 4.69) is 0 Å². The van der Waals surface area contributed by atoms with Gasteiger partial charge < -0.3 is 14.5 Å². The largest absolute Gasteiger partial charge is 0.466 e. The highest BCUT2D eigenvalue weighted by molar-refractivity contribution is 5.95. The molecule has 0 N–H and O–H groups in total. The van der Waals surface area contributed by atoms with E-state index >= 15 is 0 Å². The van der Waals surface area contributed by atoms with Crippen LogP contribution in [-0.4, -0.2) is 50.6 Å². The molecule has 23 heavy (non-hydrogen) atoms. The number of hydrogen-bond acceptors (Lipinski definition) is 4. The van der Waals surface area contributed by atoms with Gasteiger partial charge in [-0.1, -0.05) is 0 Å². The number of rotatable bonds is 4. The van der Waals surface area contributed by atoms with Gasteiger partial charge in [0.2, 0.25) is 0 Å². The van der Waals surface area contributed by atoms with Crippen LogP contribution < -0.4 is 4.90 Å². The molecule has 1 aromatic carbocycles. The summed E-state index contributed by atoms with van der Waals surface area (Å²) in [5, 5.41) is 0. The molecule has 1 heterocycles. The van der Waals surface area contributed by atoms with E-state index in [0.717, 1.165) is 11.3 Å². The van der Waals surface area contributed by atoms with Crippen molar-refractivity contribution in [3.63, 3.8) is 0 Å². The molecule has 1 saturated heterocycles. The lowest BCUT2D eigenvalue weighted by Gasteiger charge is -2.31. The minimum absolute atomic E-state index is 0.0423. The maximum atomic E-state index is 12.6. The van der Waals surface area contributed by atoms with E-state index in [0.29, 0.717) is 38.1 Å². The second-order valence-corrected chi connectivity index (χ2v) is 6.21. The molecule has 0 bridgehead atoms. The Hall–Kier alpha value is -2.04. The molecule has 0 aliphatic carbocycles. The van der Waals surface area contributed by atoms with Crippen LogP contribution >= 0.6 is 0 Å². The summed E-state index contributed by atoms with van der Waals surface area (Å²) in [6, 6.07) is 5.80. The molecule has 5 heteroatoms. The zero-order valence-electron chi connectivity index (χ0n) is 14.5. The number of esters is 1. The highest BCUT2D eigenvalue weighted by atomic mass is 16.5. The second-order valence-electron chi connectivity index (χ2n) is 6.21. The van der Waals surface area contributed by atoms with E-state index in [-0.39, 0.29) is 17.8 Å². The molecule has 1 aliphatic heterocycles. The van der Waals surface area contributed by atoms with E-state index in [4.69, 9.17) is 4.74 Å². The minimum atomic E-state index is -0.134. The van der Waals surface area contributed by atoms with Gasteiger partial charge in [-0.05, 0) is 50.5 Å². The molecule has 0 radical (unpaired) electrons. The Kier molecular flexibility index (Phi) is 5.64. The second kappa shape index (κ2) is 7.49. The number of likely N-dealkylation sites (tertiary alicyclic amines) is 1. The first-order valence-electron chi connectivity index (χ1n) is 8.18. The van der Waals surface area contributed by atoms with Crippen LogP contribution in [0.2, 0.25) is 0 Å². The van der Waals surface area contributed by atoms with Gasteiger partial charge in [0.25, 0.3) is 5.91 Å².